The predicted octanol–water partition coefficient (Wildman–Crippen LogP) is 4.88. The predicted molar refractivity (Wildman–Crippen MR) is 98.7 cm³/mol. The van der Waals surface area contributed by atoms with Crippen molar-refractivity contribution in [3.63, 3.8) is 0 Å². The number of fused-ring (bicyclic) bond motifs is 1. The lowest BCUT2D eigenvalue weighted by molar-refractivity contribution is 0.363. The molecule has 0 N–H and O–H groups in total. The molecular formula is C19H23N3S. The summed E-state index contributed by atoms with van der Waals surface area (Å²) >= 11 is 1.89. The first-order valence-electron chi connectivity index (χ1n) is 8.19. The van der Waals surface area contributed by atoms with Crippen LogP contribution < -0.4 is 0 Å². The number of benzene rings is 2. The second-order valence-corrected chi connectivity index (χ2v) is 7.07. The number of thioether (sulfide) groups is 1. The zero-order valence-electron chi connectivity index (χ0n) is 13.8. The molecule has 2 aromatic carbocycles. The lowest BCUT2D eigenvalue weighted by Gasteiger charge is -2.33. The molecule has 0 fully saturated rings. The van der Waals surface area contributed by atoms with Gasteiger partial charge in [0.15, 0.2) is 0 Å². The van der Waals surface area contributed by atoms with E-state index < -0.39 is 0 Å². The summed E-state index contributed by atoms with van der Waals surface area (Å²) < 4.78 is 2.15. The summed E-state index contributed by atoms with van der Waals surface area (Å²) in [6.45, 7) is 2.24. The van der Waals surface area contributed by atoms with Gasteiger partial charge in [-0.25, -0.2) is 4.68 Å². The van der Waals surface area contributed by atoms with Crippen molar-refractivity contribution in [3.8, 4) is 0 Å². The molecule has 1 aromatic heterocycles. The first kappa shape index (κ1) is 16.1. The molecule has 0 aliphatic carbocycles. The molecule has 3 aromatic rings. The maximum absolute atomic E-state index is 4.53. The summed E-state index contributed by atoms with van der Waals surface area (Å²) in [7, 11) is 0. The number of aromatic nitrogens is 3. The highest BCUT2D eigenvalue weighted by Crippen LogP contribution is 2.39. The zero-order chi connectivity index (χ0) is 16.1. The van der Waals surface area contributed by atoms with Crippen molar-refractivity contribution in [2.75, 3.05) is 6.26 Å². The van der Waals surface area contributed by atoms with Crippen molar-refractivity contribution >= 4 is 22.8 Å². The van der Waals surface area contributed by atoms with Crippen molar-refractivity contribution in [3.05, 3.63) is 60.2 Å². The number of hydrogen-bond acceptors (Lipinski definition) is 3. The second kappa shape index (κ2) is 7.18. The van der Waals surface area contributed by atoms with Crippen LogP contribution in [0.5, 0.6) is 0 Å². The normalized spacial score (nSPS) is 14.0. The van der Waals surface area contributed by atoms with E-state index in [0.29, 0.717) is 0 Å². The minimum absolute atomic E-state index is 0.0898. The summed E-state index contributed by atoms with van der Waals surface area (Å²) in [5, 5.41) is 8.92. The maximum atomic E-state index is 4.53. The molecule has 0 amide bonds. The van der Waals surface area contributed by atoms with E-state index in [9.17, 15) is 0 Å². The molecule has 1 heterocycles. The van der Waals surface area contributed by atoms with Crippen LogP contribution in [0.25, 0.3) is 11.0 Å². The van der Waals surface area contributed by atoms with Crippen LogP contribution >= 0.6 is 11.8 Å². The smallest absolute Gasteiger partial charge is 0.114 e. The summed E-state index contributed by atoms with van der Waals surface area (Å²) in [5.74, 6) is 0. The van der Waals surface area contributed by atoms with Crippen molar-refractivity contribution < 1.29 is 0 Å². The van der Waals surface area contributed by atoms with Gasteiger partial charge in [0.25, 0.3) is 0 Å². The highest BCUT2D eigenvalue weighted by molar-refractivity contribution is 7.99. The van der Waals surface area contributed by atoms with Crippen molar-refractivity contribution in [1.29, 1.82) is 0 Å². The van der Waals surface area contributed by atoms with Crippen molar-refractivity contribution in [1.82, 2.24) is 15.0 Å². The third kappa shape index (κ3) is 3.27. The fourth-order valence-corrected chi connectivity index (χ4v) is 4.03. The Labute approximate surface area is 142 Å². The molecule has 23 heavy (non-hydrogen) atoms. The molecule has 4 heteroatoms. The summed E-state index contributed by atoms with van der Waals surface area (Å²) in [6, 6.07) is 18.9. The largest absolute Gasteiger partial charge is 0.228 e. The molecule has 1 unspecified atom stereocenters. The van der Waals surface area contributed by atoms with Crippen LogP contribution in [0.4, 0.5) is 0 Å². The third-order valence-corrected chi connectivity index (χ3v) is 5.64. The molecule has 120 valence electrons. The van der Waals surface area contributed by atoms with Gasteiger partial charge in [-0.1, -0.05) is 67.4 Å². The molecule has 0 aliphatic rings. The van der Waals surface area contributed by atoms with Crippen molar-refractivity contribution in [2.45, 2.75) is 37.5 Å². The summed E-state index contributed by atoms with van der Waals surface area (Å²) in [6.07, 6.45) is 6.61. The quantitative estimate of drug-likeness (QED) is 0.620. The highest BCUT2D eigenvalue weighted by Gasteiger charge is 2.33. The standard InChI is InChI=1S/C19H23N3S/c1-3-4-14-19(23-2,15-16-10-6-5-7-11-16)22-18-13-9-8-12-17(18)20-21-22/h5-13H,3-4,14-15H2,1-2H3. The van der Waals surface area contributed by atoms with Crippen LogP contribution in [-0.4, -0.2) is 21.2 Å². The fraction of sp³-hybridized carbons (Fsp3) is 0.368. The zero-order valence-corrected chi connectivity index (χ0v) is 14.6. The van der Waals surface area contributed by atoms with E-state index in [1.54, 1.807) is 0 Å². The fourth-order valence-electron chi connectivity index (χ4n) is 3.07. The van der Waals surface area contributed by atoms with Gasteiger partial charge in [-0.3, -0.25) is 0 Å². The SMILES string of the molecule is CCCCC(Cc1ccccc1)(SC)n1nnc2ccccc21. The van der Waals surface area contributed by atoms with Gasteiger partial charge in [-0.15, -0.1) is 16.9 Å². The lowest BCUT2D eigenvalue weighted by atomic mass is 10.00. The number of hydrogen-bond donors (Lipinski definition) is 0. The number of unbranched alkanes of at least 4 members (excludes halogenated alkanes) is 1. The molecule has 0 spiro atoms. The minimum Gasteiger partial charge on any atom is -0.228 e. The maximum Gasteiger partial charge on any atom is 0.114 e. The summed E-state index contributed by atoms with van der Waals surface area (Å²) in [4.78, 5) is -0.0898. The van der Waals surface area contributed by atoms with Crippen LogP contribution in [0.3, 0.4) is 0 Å². The van der Waals surface area contributed by atoms with Crippen LogP contribution in [0.1, 0.15) is 31.7 Å². The van der Waals surface area contributed by atoms with E-state index in [2.05, 4.69) is 70.6 Å². The van der Waals surface area contributed by atoms with Crippen LogP contribution in [0.15, 0.2) is 54.6 Å². The van der Waals surface area contributed by atoms with E-state index in [1.807, 2.05) is 23.9 Å². The molecular weight excluding hydrogens is 302 g/mol. The first-order valence-corrected chi connectivity index (χ1v) is 9.41. The van der Waals surface area contributed by atoms with Gasteiger partial charge in [0.1, 0.15) is 10.4 Å². The van der Waals surface area contributed by atoms with Gasteiger partial charge in [0.05, 0.1) is 5.52 Å². The molecule has 3 rings (SSSR count). The Balaban J connectivity index is 2.06. The Kier molecular flexibility index (Phi) is 5.01. The van der Waals surface area contributed by atoms with Gasteiger partial charge in [-0.05, 0) is 30.4 Å². The summed E-state index contributed by atoms with van der Waals surface area (Å²) in [5.41, 5.74) is 3.43. The topological polar surface area (TPSA) is 30.7 Å². The first-order chi connectivity index (χ1) is 11.3. The molecule has 0 saturated carbocycles. The van der Waals surface area contributed by atoms with Crippen LogP contribution in [0.2, 0.25) is 0 Å². The average Bonchev–Trinajstić information content (AvgIpc) is 3.04. The average molecular weight is 325 g/mol. The second-order valence-electron chi connectivity index (χ2n) is 5.91. The lowest BCUT2D eigenvalue weighted by Crippen LogP contribution is -2.33. The minimum atomic E-state index is -0.0898. The Hall–Kier alpha value is -1.81. The Morgan fingerprint density at radius 3 is 2.52 bits per heavy atom. The van der Waals surface area contributed by atoms with Gasteiger partial charge in [0.2, 0.25) is 0 Å². The van der Waals surface area contributed by atoms with Gasteiger partial charge in [0, 0.05) is 6.42 Å². The Morgan fingerprint density at radius 2 is 1.78 bits per heavy atom. The third-order valence-electron chi connectivity index (χ3n) is 4.36. The molecule has 0 bridgehead atoms. The highest BCUT2D eigenvalue weighted by atomic mass is 32.2. The van der Waals surface area contributed by atoms with E-state index in [-0.39, 0.29) is 4.87 Å². The van der Waals surface area contributed by atoms with Crippen LogP contribution in [-0.2, 0) is 11.3 Å². The van der Waals surface area contributed by atoms with Gasteiger partial charge in [-0.2, -0.15) is 0 Å². The molecule has 0 aliphatic heterocycles. The molecule has 1 atom stereocenters. The Morgan fingerprint density at radius 1 is 1.04 bits per heavy atom. The Bertz CT molecular complexity index is 753. The van der Waals surface area contributed by atoms with E-state index in [1.165, 1.54) is 18.4 Å². The van der Waals surface area contributed by atoms with Gasteiger partial charge >= 0.3 is 0 Å². The van der Waals surface area contributed by atoms with E-state index >= 15 is 0 Å². The van der Waals surface area contributed by atoms with E-state index in [4.69, 9.17) is 0 Å². The van der Waals surface area contributed by atoms with Gasteiger partial charge < -0.3 is 0 Å². The van der Waals surface area contributed by atoms with Crippen molar-refractivity contribution in [2.24, 2.45) is 0 Å². The molecule has 3 nitrogen and oxygen atoms in total. The number of para-hydroxylation sites is 1. The monoisotopic (exact) mass is 325 g/mol. The molecule has 0 saturated heterocycles. The van der Waals surface area contributed by atoms with E-state index in [0.717, 1.165) is 23.9 Å². The molecule has 0 radical (unpaired) electrons. The van der Waals surface area contributed by atoms with Crippen LogP contribution in [0, 0.1) is 0 Å². The number of rotatable bonds is 7. The number of nitrogens with zero attached hydrogens (tertiary/aromatic N) is 3.